The van der Waals surface area contributed by atoms with Crippen LogP contribution in [0.3, 0.4) is 0 Å². The number of aryl methyl sites for hydroxylation is 1. The van der Waals surface area contributed by atoms with Crippen molar-refractivity contribution in [3.8, 4) is 17.1 Å². The first-order chi connectivity index (χ1) is 13.8. The smallest absolute Gasteiger partial charge is 0.227 e. The van der Waals surface area contributed by atoms with Crippen LogP contribution < -0.4 is 10.1 Å². The number of nitrogens with one attached hydrogen (secondary N) is 1. The van der Waals surface area contributed by atoms with Crippen molar-refractivity contribution in [1.82, 2.24) is 15.5 Å². The van der Waals surface area contributed by atoms with Crippen molar-refractivity contribution in [2.24, 2.45) is 5.92 Å². The molecule has 0 saturated carbocycles. The predicted octanol–water partition coefficient (Wildman–Crippen LogP) is 3.43. The summed E-state index contributed by atoms with van der Waals surface area (Å²) in [6.07, 6.45) is 2.61. The lowest BCUT2D eigenvalue weighted by molar-refractivity contribution is -0.121. The zero-order valence-electron chi connectivity index (χ0n) is 15.6. The van der Waals surface area contributed by atoms with E-state index in [1.165, 1.54) is 5.56 Å². The van der Waals surface area contributed by atoms with Crippen LogP contribution in [0, 0.1) is 5.92 Å². The Morgan fingerprint density at radius 3 is 2.82 bits per heavy atom. The molecule has 4 rings (SSSR count). The second kappa shape index (κ2) is 8.69. The van der Waals surface area contributed by atoms with Gasteiger partial charge in [0.2, 0.25) is 17.6 Å². The lowest BCUT2D eigenvalue weighted by Crippen LogP contribution is -2.30. The summed E-state index contributed by atoms with van der Waals surface area (Å²) >= 11 is 0. The number of amides is 1. The van der Waals surface area contributed by atoms with Crippen LogP contribution in [0.2, 0.25) is 0 Å². The van der Waals surface area contributed by atoms with Crippen LogP contribution in [0.15, 0.2) is 59.1 Å². The topological polar surface area (TPSA) is 77.2 Å². The maximum Gasteiger partial charge on any atom is 0.227 e. The summed E-state index contributed by atoms with van der Waals surface area (Å²) in [7, 11) is 0. The van der Waals surface area contributed by atoms with Crippen LogP contribution in [0.25, 0.3) is 11.4 Å². The normalized spacial score (nSPS) is 15.9. The van der Waals surface area contributed by atoms with E-state index in [0.29, 0.717) is 43.6 Å². The molecule has 0 spiro atoms. The Morgan fingerprint density at radius 1 is 1.11 bits per heavy atom. The van der Waals surface area contributed by atoms with Gasteiger partial charge in [-0.25, -0.2) is 0 Å². The molecule has 1 aliphatic heterocycles. The molecule has 1 amide bonds. The predicted molar refractivity (Wildman–Crippen MR) is 105 cm³/mol. The molecule has 2 heterocycles. The van der Waals surface area contributed by atoms with E-state index in [2.05, 4.69) is 21.5 Å². The molecule has 6 heteroatoms. The van der Waals surface area contributed by atoms with Crippen molar-refractivity contribution in [1.29, 1.82) is 0 Å². The first-order valence-corrected chi connectivity index (χ1v) is 9.63. The molecular formula is C22H23N3O3. The Hall–Kier alpha value is -3.15. The van der Waals surface area contributed by atoms with Crippen molar-refractivity contribution in [2.45, 2.75) is 25.7 Å². The van der Waals surface area contributed by atoms with Gasteiger partial charge in [0.15, 0.2) is 0 Å². The molecule has 28 heavy (non-hydrogen) atoms. The first-order valence-electron chi connectivity index (χ1n) is 9.63. The molecule has 3 aromatic rings. The Bertz CT molecular complexity index is 924. The molecule has 0 unspecified atom stereocenters. The minimum Gasteiger partial charge on any atom is -0.493 e. The van der Waals surface area contributed by atoms with Gasteiger partial charge in [-0.2, -0.15) is 4.98 Å². The number of nitrogens with zero attached hydrogens (tertiary/aromatic N) is 2. The SMILES string of the molecule is O=C(CCc1nc(-c2ccccc2)no1)NC[C@@H]1CCOc2ccccc2C1. The van der Waals surface area contributed by atoms with E-state index < -0.39 is 0 Å². The second-order valence-corrected chi connectivity index (χ2v) is 7.00. The van der Waals surface area contributed by atoms with Gasteiger partial charge in [-0.05, 0) is 30.4 Å². The fourth-order valence-electron chi connectivity index (χ4n) is 3.36. The summed E-state index contributed by atoms with van der Waals surface area (Å²) < 4.78 is 11.1. The molecule has 0 radical (unpaired) electrons. The minimum atomic E-state index is -0.00193. The molecule has 144 valence electrons. The lowest BCUT2D eigenvalue weighted by Gasteiger charge is -2.14. The molecule has 1 atom stereocenters. The van der Waals surface area contributed by atoms with Gasteiger partial charge in [-0.3, -0.25) is 4.79 Å². The maximum atomic E-state index is 12.2. The number of hydrogen-bond donors (Lipinski definition) is 1. The standard InChI is InChI=1S/C22H23N3O3/c26-20(10-11-21-24-22(25-28-21)17-6-2-1-3-7-17)23-15-16-12-13-27-19-9-5-4-8-18(19)14-16/h1-9,16H,10-15H2,(H,23,26)/t16-/m1/s1. The fourth-order valence-corrected chi connectivity index (χ4v) is 3.36. The van der Waals surface area contributed by atoms with Gasteiger partial charge in [-0.15, -0.1) is 0 Å². The van der Waals surface area contributed by atoms with E-state index in [1.54, 1.807) is 0 Å². The van der Waals surface area contributed by atoms with Crippen LogP contribution in [0.4, 0.5) is 0 Å². The highest BCUT2D eigenvalue weighted by Gasteiger charge is 2.18. The van der Waals surface area contributed by atoms with E-state index in [-0.39, 0.29) is 5.91 Å². The third kappa shape index (κ3) is 4.57. The van der Waals surface area contributed by atoms with Crippen molar-refractivity contribution < 1.29 is 14.1 Å². The summed E-state index contributed by atoms with van der Waals surface area (Å²) in [5, 5.41) is 7.02. The first kappa shape index (κ1) is 18.2. The molecule has 1 N–H and O–H groups in total. The van der Waals surface area contributed by atoms with Gasteiger partial charge in [0.05, 0.1) is 6.61 Å². The Morgan fingerprint density at radius 2 is 1.93 bits per heavy atom. The third-order valence-corrected chi connectivity index (χ3v) is 4.92. The highest BCUT2D eigenvalue weighted by molar-refractivity contribution is 5.76. The van der Waals surface area contributed by atoms with Gasteiger partial charge in [0, 0.05) is 24.9 Å². The Labute approximate surface area is 163 Å². The van der Waals surface area contributed by atoms with Crippen molar-refractivity contribution in [2.75, 3.05) is 13.2 Å². The number of hydrogen-bond acceptors (Lipinski definition) is 5. The largest absolute Gasteiger partial charge is 0.493 e. The van der Waals surface area contributed by atoms with Crippen LogP contribution in [0.1, 0.15) is 24.3 Å². The van der Waals surface area contributed by atoms with Gasteiger partial charge in [0.25, 0.3) is 0 Å². The Balaban J connectivity index is 1.25. The summed E-state index contributed by atoms with van der Waals surface area (Å²) in [5.41, 5.74) is 2.11. The molecule has 1 aromatic heterocycles. The van der Waals surface area contributed by atoms with Crippen molar-refractivity contribution in [3.05, 3.63) is 66.1 Å². The molecule has 0 fully saturated rings. The number of carbonyl (C=O) groups is 1. The number of fused-ring (bicyclic) bond motifs is 1. The average Bonchev–Trinajstić information content (AvgIpc) is 3.11. The molecule has 0 aliphatic carbocycles. The van der Waals surface area contributed by atoms with Crippen LogP contribution in [-0.4, -0.2) is 29.2 Å². The molecule has 1 aliphatic rings. The van der Waals surface area contributed by atoms with Gasteiger partial charge in [-0.1, -0.05) is 53.7 Å². The van der Waals surface area contributed by atoms with Gasteiger partial charge in [0.1, 0.15) is 5.75 Å². The van der Waals surface area contributed by atoms with E-state index in [0.717, 1.165) is 24.2 Å². The fraction of sp³-hybridized carbons (Fsp3) is 0.318. The zero-order chi connectivity index (χ0) is 19.2. The number of benzene rings is 2. The number of ether oxygens (including phenoxy) is 1. The van der Waals surface area contributed by atoms with E-state index in [9.17, 15) is 4.79 Å². The van der Waals surface area contributed by atoms with E-state index >= 15 is 0 Å². The van der Waals surface area contributed by atoms with Crippen molar-refractivity contribution in [3.63, 3.8) is 0 Å². The van der Waals surface area contributed by atoms with Gasteiger partial charge < -0.3 is 14.6 Å². The van der Waals surface area contributed by atoms with Crippen molar-refractivity contribution >= 4 is 5.91 Å². The third-order valence-electron chi connectivity index (χ3n) is 4.92. The highest BCUT2D eigenvalue weighted by atomic mass is 16.5. The summed E-state index contributed by atoms with van der Waals surface area (Å²) in [5.74, 6) is 2.36. The highest BCUT2D eigenvalue weighted by Crippen LogP contribution is 2.26. The molecule has 6 nitrogen and oxygen atoms in total. The number of carbonyl (C=O) groups excluding carboxylic acids is 1. The minimum absolute atomic E-state index is 0.00193. The summed E-state index contributed by atoms with van der Waals surface area (Å²) in [6, 6.07) is 17.8. The maximum absolute atomic E-state index is 12.2. The number of rotatable bonds is 6. The van der Waals surface area contributed by atoms with E-state index in [1.807, 2.05) is 48.5 Å². The molecule has 2 aromatic carbocycles. The molecule has 0 bridgehead atoms. The second-order valence-electron chi connectivity index (χ2n) is 7.00. The quantitative estimate of drug-likeness (QED) is 0.712. The van der Waals surface area contributed by atoms with Crippen LogP contribution in [0.5, 0.6) is 5.75 Å². The number of para-hydroxylation sites is 1. The van der Waals surface area contributed by atoms with Crippen LogP contribution >= 0.6 is 0 Å². The monoisotopic (exact) mass is 377 g/mol. The van der Waals surface area contributed by atoms with Gasteiger partial charge >= 0.3 is 0 Å². The molecular weight excluding hydrogens is 354 g/mol. The van der Waals surface area contributed by atoms with Crippen LogP contribution in [-0.2, 0) is 17.6 Å². The van der Waals surface area contributed by atoms with E-state index in [4.69, 9.17) is 9.26 Å². The molecule has 0 saturated heterocycles. The average molecular weight is 377 g/mol. The Kier molecular flexibility index (Phi) is 5.66. The summed E-state index contributed by atoms with van der Waals surface area (Å²) in [6.45, 7) is 1.33. The summed E-state index contributed by atoms with van der Waals surface area (Å²) in [4.78, 5) is 16.6. The lowest BCUT2D eigenvalue weighted by atomic mass is 9.97. The zero-order valence-corrected chi connectivity index (χ0v) is 15.6. The number of aromatic nitrogens is 2.